The molecule has 1 heterocycles. The van der Waals surface area contributed by atoms with E-state index >= 15 is 0 Å². The summed E-state index contributed by atoms with van der Waals surface area (Å²) >= 11 is 0. The Morgan fingerprint density at radius 2 is 1.76 bits per heavy atom. The zero-order chi connectivity index (χ0) is 21.7. The maximum atomic E-state index is 11.6. The summed E-state index contributed by atoms with van der Waals surface area (Å²) in [4.78, 5) is 59.0. The first-order valence-electron chi connectivity index (χ1n) is 7.97. The lowest BCUT2D eigenvalue weighted by molar-refractivity contribution is -0.386. The van der Waals surface area contributed by atoms with E-state index in [-0.39, 0.29) is 23.7 Å². The van der Waals surface area contributed by atoms with Gasteiger partial charge in [-0.1, -0.05) is 0 Å². The molecule has 0 saturated heterocycles. The number of esters is 1. The smallest absolute Gasteiger partial charge is 0.357 e. The van der Waals surface area contributed by atoms with E-state index in [4.69, 9.17) is 9.47 Å². The molecule has 0 amide bonds. The molecule has 29 heavy (non-hydrogen) atoms. The molecule has 2 rings (SSSR count). The number of nitro benzene ring substituents is 1. The molecular weight excluding hydrogens is 392 g/mol. The summed E-state index contributed by atoms with van der Waals surface area (Å²) in [6, 6.07) is 2.46. The average Bonchev–Trinajstić information content (AvgIpc) is 2.60. The molecule has 1 aromatic carbocycles. The van der Waals surface area contributed by atoms with Crippen LogP contribution in [0.15, 0.2) is 21.7 Å². The van der Waals surface area contributed by atoms with Crippen LogP contribution in [0.3, 0.4) is 0 Å². The topological polar surface area (TPSA) is 188 Å². The average molecular weight is 406 g/mol. The fourth-order valence-corrected chi connectivity index (χ4v) is 2.38. The molecule has 1 aromatic heterocycles. The summed E-state index contributed by atoms with van der Waals surface area (Å²) in [5.74, 6) is -1.22. The maximum Gasteiger partial charge on any atom is 0.357 e. The molecule has 0 aliphatic carbocycles. The van der Waals surface area contributed by atoms with Crippen LogP contribution < -0.4 is 20.7 Å². The lowest BCUT2D eigenvalue weighted by atomic mass is 10.1. The third-order valence-corrected chi connectivity index (χ3v) is 3.41. The molecule has 0 atom stereocenters. The van der Waals surface area contributed by atoms with Crippen molar-refractivity contribution in [1.29, 1.82) is 0 Å². The molecule has 0 aliphatic heterocycles. The quantitative estimate of drug-likeness (QED) is 0.296. The summed E-state index contributed by atoms with van der Waals surface area (Å²) in [7, 11) is 0. The minimum Gasteiger partial charge on any atom is -0.485 e. The second-order valence-corrected chi connectivity index (χ2v) is 5.38. The summed E-state index contributed by atoms with van der Waals surface area (Å²) in [5.41, 5.74) is -4.27. The van der Waals surface area contributed by atoms with Crippen LogP contribution in [0.5, 0.6) is 11.5 Å². The zero-order valence-electron chi connectivity index (χ0n) is 15.1. The molecule has 0 fully saturated rings. The summed E-state index contributed by atoms with van der Waals surface area (Å²) in [5, 5.41) is 22.7. The predicted molar refractivity (Wildman–Crippen MR) is 98.8 cm³/mol. The fraction of sp³-hybridized carbons (Fsp3) is 0.188. The molecule has 2 aromatic rings. The molecule has 152 valence electrons. The Morgan fingerprint density at radius 1 is 1.10 bits per heavy atom. The molecule has 0 spiro atoms. The van der Waals surface area contributed by atoms with Gasteiger partial charge in [-0.2, -0.15) is 0 Å². The highest BCUT2D eigenvalue weighted by molar-refractivity contribution is 5.80. The SMILES string of the molecule is CCOc1c(OC(C)=O)ccc(/C=C/c2[nH]c(=O)[nH]c(=O)c2[N+](=O)[O-])c1[N+](=O)[O-]. The van der Waals surface area contributed by atoms with E-state index in [2.05, 4.69) is 4.98 Å². The van der Waals surface area contributed by atoms with Gasteiger partial charge in [0.1, 0.15) is 5.69 Å². The second-order valence-electron chi connectivity index (χ2n) is 5.38. The highest BCUT2D eigenvalue weighted by atomic mass is 16.6. The van der Waals surface area contributed by atoms with Crippen LogP contribution in [0, 0.1) is 20.2 Å². The lowest BCUT2D eigenvalue weighted by Crippen LogP contribution is -2.25. The van der Waals surface area contributed by atoms with Gasteiger partial charge in [0.25, 0.3) is 0 Å². The van der Waals surface area contributed by atoms with Crippen LogP contribution in [0.1, 0.15) is 25.1 Å². The number of carbonyl (C=O) groups excluding carboxylic acids is 1. The summed E-state index contributed by atoms with van der Waals surface area (Å²) in [6.45, 7) is 2.70. The van der Waals surface area contributed by atoms with Crippen LogP contribution in [0.25, 0.3) is 12.2 Å². The van der Waals surface area contributed by atoms with Gasteiger partial charge in [0.15, 0.2) is 5.75 Å². The summed E-state index contributed by atoms with van der Waals surface area (Å²) < 4.78 is 10.2. The highest BCUT2D eigenvalue weighted by Gasteiger charge is 2.26. The largest absolute Gasteiger partial charge is 0.485 e. The number of aromatic amines is 2. The van der Waals surface area contributed by atoms with Gasteiger partial charge in [-0.3, -0.25) is 34.8 Å². The Bertz CT molecular complexity index is 1130. The number of carbonyl (C=O) groups is 1. The van der Waals surface area contributed by atoms with Gasteiger partial charge >= 0.3 is 28.6 Å². The van der Waals surface area contributed by atoms with Gasteiger partial charge in [-0.15, -0.1) is 0 Å². The minimum absolute atomic E-state index is 0.0229. The Hall–Kier alpha value is -4.29. The molecule has 0 saturated carbocycles. The Kier molecular flexibility index (Phi) is 6.23. The molecule has 0 bridgehead atoms. The monoisotopic (exact) mass is 406 g/mol. The van der Waals surface area contributed by atoms with E-state index in [9.17, 15) is 34.6 Å². The van der Waals surface area contributed by atoms with Crippen molar-refractivity contribution in [3.63, 3.8) is 0 Å². The first-order chi connectivity index (χ1) is 13.6. The van der Waals surface area contributed by atoms with Crippen molar-refractivity contribution in [3.8, 4) is 11.5 Å². The number of nitrogens with zero attached hydrogens (tertiary/aromatic N) is 2. The number of hydrogen-bond donors (Lipinski definition) is 2. The Labute approximate surface area is 160 Å². The molecule has 2 N–H and O–H groups in total. The van der Waals surface area contributed by atoms with Gasteiger partial charge in [-0.05, 0) is 31.2 Å². The van der Waals surface area contributed by atoms with Crippen LogP contribution in [-0.2, 0) is 4.79 Å². The normalized spacial score (nSPS) is 10.7. The number of hydrogen-bond acceptors (Lipinski definition) is 9. The standard InChI is InChI=1S/C16H14N4O9/c1-3-28-14-11(29-8(2)21)7-5-9(12(14)19(24)25)4-6-10-13(20(26)27)15(22)18-16(23)17-10/h4-7H,3H2,1-2H3,(H2,17,18,22,23)/b6-4+. The highest BCUT2D eigenvalue weighted by Crippen LogP contribution is 2.40. The predicted octanol–water partition coefficient (Wildman–Crippen LogP) is 1.37. The van der Waals surface area contributed by atoms with Gasteiger partial charge < -0.3 is 14.5 Å². The number of ether oxygens (including phenoxy) is 2. The van der Waals surface area contributed by atoms with Gasteiger partial charge in [0, 0.05) is 6.92 Å². The van der Waals surface area contributed by atoms with Crippen molar-refractivity contribution in [2.75, 3.05) is 6.61 Å². The van der Waals surface area contributed by atoms with Crippen molar-refractivity contribution in [2.45, 2.75) is 13.8 Å². The van der Waals surface area contributed by atoms with Crippen LogP contribution in [-0.4, -0.2) is 32.4 Å². The van der Waals surface area contributed by atoms with E-state index in [0.29, 0.717) is 0 Å². The second kappa shape index (κ2) is 8.60. The van der Waals surface area contributed by atoms with Gasteiger partial charge in [0.2, 0.25) is 5.75 Å². The van der Waals surface area contributed by atoms with Crippen molar-refractivity contribution in [1.82, 2.24) is 9.97 Å². The van der Waals surface area contributed by atoms with Crippen molar-refractivity contribution < 1.29 is 24.1 Å². The molecule has 0 aliphatic rings. The molecule has 0 unspecified atom stereocenters. The van der Waals surface area contributed by atoms with Crippen LogP contribution in [0.2, 0.25) is 0 Å². The third-order valence-electron chi connectivity index (χ3n) is 3.41. The zero-order valence-corrected chi connectivity index (χ0v) is 15.1. The first-order valence-corrected chi connectivity index (χ1v) is 7.97. The van der Waals surface area contributed by atoms with Gasteiger partial charge in [0.05, 0.1) is 22.0 Å². The fourth-order valence-electron chi connectivity index (χ4n) is 2.38. The van der Waals surface area contributed by atoms with Crippen LogP contribution in [0.4, 0.5) is 11.4 Å². The Morgan fingerprint density at radius 3 is 2.31 bits per heavy atom. The maximum absolute atomic E-state index is 11.6. The van der Waals surface area contributed by atoms with E-state index in [1.54, 1.807) is 11.9 Å². The van der Waals surface area contributed by atoms with E-state index in [0.717, 1.165) is 19.1 Å². The van der Waals surface area contributed by atoms with Crippen molar-refractivity contribution in [2.24, 2.45) is 0 Å². The van der Waals surface area contributed by atoms with E-state index in [1.165, 1.54) is 12.1 Å². The molecular formula is C16H14N4O9. The number of aromatic nitrogens is 2. The summed E-state index contributed by atoms with van der Waals surface area (Å²) in [6.07, 6.45) is 2.05. The van der Waals surface area contributed by atoms with Crippen molar-refractivity contribution in [3.05, 3.63) is 64.5 Å². The van der Waals surface area contributed by atoms with E-state index < -0.39 is 44.1 Å². The van der Waals surface area contributed by atoms with E-state index in [1.807, 2.05) is 0 Å². The van der Waals surface area contributed by atoms with Crippen LogP contribution >= 0.6 is 0 Å². The number of nitro groups is 2. The molecule has 0 radical (unpaired) electrons. The molecule has 13 heteroatoms. The molecule has 13 nitrogen and oxygen atoms in total. The number of nitrogens with one attached hydrogen (secondary N) is 2. The Balaban J connectivity index is 2.68. The van der Waals surface area contributed by atoms with Crippen molar-refractivity contribution >= 4 is 29.5 Å². The lowest BCUT2D eigenvalue weighted by Gasteiger charge is -2.11. The minimum atomic E-state index is -1.23. The van der Waals surface area contributed by atoms with Gasteiger partial charge in [-0.25, -0.2) is 4.79 Å². The number of H-pyrrole nitrogens is 2. The number of rotatable bonds is 7. The first kappa shape index (κ1) is 21.0. The number of benzene rings is 1. The third kappa shape index (κ3) is 4.71.